The number of amides is 1. The fraction of sp³-hybridized carbons (Fsp3) is 0.0455. The molecule has 2 aromatic heterocycles. The SMILES string of the molecule is O=C(O)CNC(=O)c1ncc2c(c1O)c(-c1ccccc1)c(Br)n2-c1ccc(F)cc1. The van der Waals surface area contributed by atoms with E-state index >= 15 is 0 Å². The van der Waals surface area contributed by atoms with Crippen LogP contribution in [-0.4, -0.2) is 38.2 Å². The van der Waals surface area contributed by atoms with Crippen LogP contribution in [-0.2, 0) is 4.79 Å². The van der Waals surface area contributed by atoms with Crippen LogP contribution in [0.1, 0.15) is 10.5 Å². The average molecular weight is 484 g/mol. The summed E-state index contributed by atoms with van der Waals surface area (Å²) >= 11 is 3.58. The van der Waals surface area contributed by atoms with E-state index in [1.165, 1.54) is 18.3 Å². The molecule has 0 saturated heterocycles. The zero-order valence-corrected chi connectivity index (χ0v) is 17.4. The van der Waals surface area contributed by atoms with E-state index < -0.39 is 24.2 Å². The molecule has 0 aliphatic heterocycles. The highest BCUT2D eigenvalue weighted by atomic mass is 79.9. The van der Waals surface area contributed by atoms with Crippen LogP contribution >= 0.6 is 15.9 Å². The van der Waals surface area contributed by atoms with Crippen molar-refractivity contribution < 1.29 is 24.2 Å². The van der Waals surface area contributed by atoms with Gasteiger partial charge >= 0.3 is 5.97 Å². The van der Waals surface area contributed by atoms with Crippen LogP contribution in [0.25, 0.3) is 27.7 Å². The van der Waals surface area contributed by atoms with Gasteiger partial charge in [0.05, 0.1) is 21.7 Å². The standard InChI is InChI=1S/C22H15BrFN3O4/c23-21-17(12-4-2-1-3-5-12)18-15(27(21)14-8-6-13(24)7-9-14)10-25-19(20(18)30)22(31)26-11-16(28)29/h1-10,30H,11H2,(H,26,31)(H,28,29). The van der Waals surface area contributed by atoms with Crippen LogP contribution in [0.2, 0.25) is 0 Å². The third kappa shape index (κ3) is 3.75. The number of hydrogen-bond donors (Lipinski definition) is 3. The maximum Gasteiger partial charge on any atom is 0.322 e. The topological polar surface area (TPSA) is 104 Å². The van der Waals surface area contributed by atoms with Gasteiger partial charge in [-0.25, -0.2) is 9.37 Å². The number of pyridine rings is 1. The zero-order chi connectivity index (χ0) is 22.1. The van der Waals surface area contributed by atoms with Gasteiger partial charge in [0, 0.05) is 11.3 Å². The van der Waals surface area contributed by atoms with Crippen molar-refractivity contribution in [3.63, 3.8) is 0 Å². The summed E-state index contributed by atoms with van der Waals surface area (Å²) < 4.78 is 15.8. The number of carbonyl (C=O) groups is 2. The zero-order valence-electron chi connectivity index (χ0n) is 15.8. The Morgan fingerprint density at radius 1 is 1.10 bits per heavy atom. The van der Waals surface area contributed by atoms with Crippen LogP contribution in [0, 0.1) is 5.82 Å². The van der Waals surface area contributed by atoms with Crippen molar-refractivity contribution in [1.82, 2.24) is 14.9 Å². The van der Waals surface area contributed by atoms with Crippen LogP contribution in [0.5, 0.6) is 5.75 Å². The molecular weight excluding hydrogens is 469 g/mol. The predicted molar refractivity (Wildman–Crippen MR) is 116 cm³/mol. The fourth-order valence-electron chi connectivity index (χ4n) is 3.34. The molecule has 0 bridgehead atoms. The first-order valence-electron chi connectivity index (χ1n) is 9.11. The molecule has 0 radical (unpaired) electrons. The van der Waals surface area contributed by atoms with Crippen molar-refractivity contribution in [2.75, 3.05) is 6.54 Å². The highest BCUT2D eigenvalue weighted by Gasteiger charge is 2.25. The average Bonchev–Trinajstić information content (AvgIpc) is 3.06. The molecule has 0 saturated carbocycles. The number of carboxylic acid groups (broad SMARTS) is 1. The van der Waals surface area contributed by atoms with Crippen molar-refractivity contribution in [2.45, 2.75) is 0 Å². The first-order chi connectivity index (χ1) is 14.9. The molecular formula is C22H15BrFN3O4. The number of rotatable bonds is 5. The Hall–Kier alpha value is -3.72. The molecule has 1 amide bonds. The molecule has 0 aliphatic rings. The van der Waals surface area contributed by atoms with Crippen LogP contribution < -0.4 is 5.32 Å². The van der Waals surface area contributed by atoms with Crippen molar-refractivity contribution in [3.8, 4) is 22.6 Å². The Bertz CT molecular complexity index is 1300. The third-order valence-electron chi connectivity index (χ3n) is 4.69. The number of nitrogens with zero attached hydrogens (tertiary/aromatic N) is 2. The Kier molecular flexibility index (Phi) is 5.43. The molecule has 156 valence electrons. The van der Waals surface area contributed by atoms with E-state index in [4.69, 9.17) is 5.11 Å². The summed E-state index contributed by atoms with van der Waals surface area (Å²) in [5.41, 5.74) is 2.16. The van der Waals surface area contributed by atoms with E-state index in [9.17, 15) is 19.1 Å². The molecule has 0 unspecified atom stereocenters. The van der Waals surface area contributed by atoms with Crippen molar-refractivity contribution in [2.24, 2.45) is 0 Å². The van der Waals surface area contributed by atoms with E-state index in [0.717, 1.165) is 5.56 Å². The minimum Gasteiger partial charge on any atom is -0.505 e. The monoisotopic (exact) mass is 483 g/mol. The number of carboxylic acids is 1. The highest BCUT2D eigenvalue weighted by Crippen LogP contribution is 2.44. The lowest BCUT2D eigenvalue weighted by Gasteiger charge is -2.08. The van der Waals surface area contributed by atoms with Gasteiger partial charge in [-0.2, -0.15) is 0 Å². The normalized spacial score (nSPS) is 10.9. The number of fused-ring (bicyclic) bond motifs is 1. The van der Waals surface area contributed by atoms with Crippen LogP contribution in [0.3, 0.4) is 0 Å². The summed E-state index contributed by atoms with van der Waals surface area (Å²) in [5, 5.41) is 22.3. The number of aliphatic carboxylic acids is 1. The Labute approximate surface area is 183 Å². The summed E-state index contributed by atoms with van der Waals surface area (Å²) in [7, 11) is 0. The second-order valence-corrected chi connectivity index (χ2v) is 7.39. The molecule has 0 fully saturated rings. The molecule has 7 nitrogen and oxygen atoms in total. The maximum absolute atomic E-state index is 13.5. The van der Waals surface area contributed by atoms with E-state index in [2.05, 4.69) is 26.2 Å². The number of hydrogen-bond acceptors (Lipinski definition) is 4. The Morgan fingerprint density at radius 2 is 1.77 bits per heavy atom. The number of carbonyl (C=O) groups excluding carboxylic acids is 1. The van der Waals surface area contributed by atoms with Crippen LogP contribution in [0.4, 0.5) is 4.39 Å². The number of benzene rings is 2. The minimum absolute atomic E-state index is 0.297. The van der Waals surface area contributed by atoms with Crippen molar-refractivity contribution in [1.29, 1.82) is 0 Å². The summed E-state index contributed by atoms with van der Waals surface area (Å²) in [6, 6.07) is 15.0. The molecule has 2 aromatic carbocycles. The summed E-state index contributed by atoms with van der Waals surface area (Å²) in [4.78, 5) is 27.2. The highest BCUT2D eigenvalue weighted by molar-refractivity contribution is 9.10. The Balaban J connectivity index is 2.00. The first kappa shape index (κ1) is 20.5. The van der Waals surface area contributed by atoms with Gasteiger partial charge < -0.3 is 20.1 Å². The Morgan fingerprint density at radius 3 is 2.42 bits per heavy atom. The fourth-order valence-corrected chi connectivity index (χ4v) is 4.17. The van der Waals surface area contributed by atoms with Gasteiger partial charge in [0.25, 0.3) is 5.91 Å². The molecule has 9 heteroatoms. The molecule has 3 N–H and O–H groups in total. The molecule has 0 atom stereocenters. The predicted octanol–water partition coefficient (Wildman–Crippen LogP) is 4.11. The van der Waals surface area contributed by atoms with E-state index in [1.54, 1.807) is 16.7 Å². The summed E-state index contributed by atoms with van der Waals surface area (Å²) in [6.45, 7) is -0.607. The van der Waals surface area contributed by atoms with E-state index in [-0.39, 0.29) is 11.4 Å². The maximum atomic E-state index is 13.5. The number of aromatic nitrogens is 2. The van der Waals surface area contributed by atoms with Gasteiger partial charge in [-0.15, -0.1) is 0 Å². The first-order valence-corrected chi connectivity index (χ1v) is 9.91. The lowest BCUT2D eigenvalue weighted by atomic mass is 10.0. The number of halogens is 2. The lowest BCUT2D eigenvalue weighted by molar-refractivity contribution is -0.135. The van der Waals surface area contributed by atoms with E-state index in [0.29, 0.717) is 26.8 Å². The summed E-state index contributed by atoms with van der Waals surface area (Å²) in [6.07, 6.45) is 1.41. The molecule has 0 aliphatic carbocycles. The van der Waals surface area contributed by atoms with E-state index in [1.807, 2.05) is 30.3 Å². The molecule has 31 heavy (non-hydrogen) atoms. The second kappa shape index (κ2) is 8.19. The van der Waals surface area contributed by atoms with Gasteiger partial charge in [-0.05, 0) is 45.8 Å². The quantitative estimate of drug-likeness (QED) is 0.396. The summed E-state index contributed by atoms with van der Waals surface area (Å²) in [5.74, 6) is -2.81. The second-order valence-electron chi connectivity index (χ2n) is 6.64. The largest absolute Gasteiger partial charge is 0.505 e. The van der Waals surface area contributed by atoms with Gasteiger partial charge in [0.15, 0.2) is 11.4 Å². The number of nitrogens with one attached hydrogen (secondary N) is 1. The molecule has 2 heterocycles. The van der Waals surface area contributed by atoms with Gasteiger partial charge in [0.2, 0.25) is 0 Å². The smallest absolute Gasteiger partial charge is 0.322 e. The van der Waals surface area contributed by atoms with Gasteiger partial charge in [0.1, 0.15) is 12.4 Å². The number of aromatic hydroxyl groups is 1. The minimum atomic E-state index is -1.22. The van der Waals surface area contributed by atoms with Crippen molar-refractivity contribution in [3.05, 3.63) is 76.9 Å². The van der Waals surface area contributed by atoms with Gasteiger partial charge in [-0.1, -0.05) is 30.3 Å². The molecule has 0 spiro atoms. The van der Waals surface area contributed by atoms with Gasteiger partial charge in [-0.3, -0.25) is 9.59 Å². The van der Waals surface area contributed by atoms with Crippen LogP contribution in [0.15, 0.2) is 65.4 Å². The molecule has 4 rings (SSSR count). The lowest BCUT2D eigenvalue weighted by Crippen LogP contribution is -2.29. The third-order valence-corrected chi connectivity index (χ3v) is 5.44. The van der Waals surface area contributed by atoms with Crippen molar-refractivity contribution >= 4 is 38.7 Å². The molecule has 4 aromatic rings.